The van der Waals surface area contributed by atoms with E-state index in [1.54, 1.807) is 7.11 Å². The Morgan fingerprint density at radius 3 is 2.75 bits per heavy atom. The number of ether oxygens (including phenoxy) is 1. The zero-order chi connectivity index (χ0) is 19.7. The minimum Gasteiger partial charge on any atom is -0.383 e. The number of hydrogen-bond donors (Lipinski definition) is 1. The van der Waals surface area contributed by atoms with Crippen molar-refractivity contribution in [2.75, 3.05) is 46.9 Å². The lowest BCUT2D eigenvalue weighted by atomic mass is 10.0. The van der Waals surface area contributed by atoms with Crippen molar-refractivity contribution < 1.29 is 14.3 Å². The lowest BCUT2D eigenvalue weighted by Gasteiger charge is -2.33. The predicted molar refractivity (Wildman–Crippen MR) is 107 cm³/mol. The van der Waals surface area contributed by atoms with Crippen molar-refractivity contribution in [3.05, 3.63) is 0 Å². The molecule has 0 bridgehead atoms. The summed E-state index contributed by atoms with van der Waals surface area (Å²) in [5.74, 6) is 1.22. The van der Waals surface area contributed by atoms with Gasteiger partial charge in [-0.1, -0.05) is 0 Å². The number of methoxy groups -OCH3 is 1. The molecular weight excluding hydrogens is 356 g/mol. The molecule has 158 valence electrons. The highest BCUT2D eigenvalue weighted by molar-refractivity contribution is 5.83. The van der Waals surface area contributed by atoms with Gasteiger partial charge in [-0.3, -0.25) is 19.4 Å². The molecule has 0 aromatic rings. The molecule has 1 saturated carbocycles. The van der Waals surface area contributed by atoms with Gasteiger partial charge in [0, 0.05) is 51.8 Å². The minimum atomic E-state index is -0.0176. The van der Waals surface area contributed by atoms with Gasteiger partial charge in [-0.25, -0.2) is 0 Å². The molecule has 4 aliphatic rings. The second-order valence-corrected chi connectivity index (χ2v) is 9.18. The van der Waals surface area contributed by atoms with Crippen LogP contribution in [0.2, 0.25) is 0 Å². The molecule has 1 aliphatic carbocycles. The number of likely N-dealkylation sites (tertiary alicyclic amines) is 2. The van der Waals surface area contributed by atoms with Crippen LogP contribution in [0.15, 0.2) is 0 Å². The van der Waals surface area contributed by atoms with Crippen LogP contribution in [0.3, 0.4) is 0 Å². The van der Waals surface area contributed by atoms with E-state index in [0.29, 0.717) is 19.6 Å². The van der Waals surface area contributed by atoms with Crippen LogP contribution >= 0.6 is 0 Å². The van der Waals surface area contributed by atoms with Gasteiger partial charge in [-0.05, 0) is 51.5 Å². The van der Waals surface area contributed by atoms with Crippen LogP contribution < -0.4 is 5.32 Å². The molecular formula is C21H36N4O3. The Hall–Kier alpha value is -1.18. The van der Waals surface area contributed by atoms with Crippen LogP contribution in [0.25, 0.3) is 0 Å². The molecule has 7 heteroatoms. The van der Waals surface area contributed by atoms with E-state index < -0.39 is 0 Å². The van der Waals surface area contributed by atoms with Crippen molar-refractivity contribution in [2.24, 2.45) is 5.92 Å². The summed E-state index contributed by atoms with van der Waals surface area (Å²) in [5.41, 5.74) is 0. The Balaban J connectivity index is 1.34. The van der Waals surface area contributed by atoms with Crippen molar-refractivity contribution in [1.82, 2.24) is 20.0 Å². The van der Waals surface area contributed by atoms with Gasteiger partial charge in [-0.2, -0.15) is 0 Å². The molecule has 3 heterocycles. The third-order valence-corrected chi connectivity index (χ3v) is 7.29. The maximum Gasteiger partial charge on any atom is 0.239 e. The molecule has 3 aliphatic heterocycles. The highest BCUT2D eigenvalue weighted by Crippen LogP contribution is 2.34. The molecule has 4 fully saturated rings. The second-order valence-electron chi connectivity index (χ2n) is 9.18. The second kappa shape index (κ2) is 8.67. The summed E-state index contributed by atoms with van der Waals surface area (Å²) in [7, 11) is 3.85. The number of hydrogen-bond acceptors (Lipinski definition) is 5. The molecule has 28 heavy (non-hydrogen) atoms. The summed E-state index contributed by atoms with van der Waals surface area (Å²) in [6.07, 6.45) is 7.15. The fraction of sp³-hybridized carbons (Fsp3) is 0.905. The van der Waals surface area contributed by atoms with Gasteiger partial charge in [0.1, 0.15) is 6.04 Å². The SMILES string of the molecule is COCC1CCCN1C(=O)CCC1CNC(=O)C2C(CCN2CC2CC2)N1C. The van der Waals surface area contributed by atoms with Crippen LogP contribution in [0.5, 0.6) is 0 Å². The molecule has 4 atom stereocenters. The fourth-order valence-electron chi connectivity index (χ4n) is 5.45. The Morgan fingerprint density at radius 2 is 2.00 bits per heavy atom. The van der Waals surface area contributed by atoms with Crippen molar-refractivity contribution in [3.63, 3.8) is 0 Å². The molecule has 0 radical (unpaired) electrons. The smallest absolute Gasteiger partial charge is 0.239 e. The third kappa shape index (κ3) is 4.21. The first-order valence-electron chi connectivity index (χ1n) is 11.1. The van der Waals surface area contributed by atoms with E-state index in [1.807, 2.05) is 4.90 Å². The lowest BCUT2D eigenvalue weighted by Crippen LogP contribution is -2.50. The van der Waals surface area contributed by atoms with Crippen LogP contribution in [0, 0.1) is 5.92 Å². The molecule has 7 nitrogen and oxygen atoms in total. The molecule has 4 rings (SSSR count). The fourth-order valence-corrected chi connectivity index (χ4v) is 5.45. The number of rotatable bonds is 7. The maximum absolute atomic E-state index is 12.8. The molecule has 3 saturated heterocycles. The van der Waals surface area contributed by atoms with E-state index in [9.17, 15) is 9.59 Å². The number of nitrogens with zero attached hydrogens (tertiary/aromatic N) is 3. The zero-order valence-corrected chi connectivity index (χ0v) is 17.4. The predicted octanol–water partition coefficient (Wildman–Crippen LogP) is 0.687. The first-order valence-corrected chi connectivity index (χ1v) is 11.1. The summed E-state index contributed by atoms with van der Waals surface area (Å²) >= 11 is 0. The summed E-state index contributed by atoms with van der Waals surface area (Å²) < 4.78 is 5.28. The summed E-state index contributed by atoms with van der Waals surface area (Å²) in [6, 6.07) is 0.719. The van der Waals surface area contributed by atoms with E-state index in [-0.39, 0.29) is 36.0 Å². The Bertz CT molecular complexity index is 582. The Morgan fingerprint density at radius 1 is 1.18 bits per heavy atom. The van der Waals surface area contributed by atoms with E-state index in [2.05, 4.69) is 22.2 Å². The number of fused-ring (bicyclic) bond motifs is 1. The number of carbonyl (C=O) groups is 2. The van der Waals surface area contributed by atoms with E-state index >= 15 is 0 Å². The van der Waals surface area contributed by atoms with Gasteiger partial charge in [-0.15, -0.1) is 0 Å². The molecule has 2 amide bonds. The molecule has 0 aromatic carbocycles. The summed E-state index contributed by atoms with van der Waals surface area (Å²) in [5, 5.41) is 3.18. The Labute approximate surface area is 168 Å². The number of carbonyl (C=O) groups excluding carboxylic acids is 2. The zero-order valence-electron chi connectivity index (χ0n) is 17.4. The average molecular weight is 393 g/mol. The van der Waals surface area contributed by atoms with E-state index in [0.717, 1.165) is 51.2 Å². The van der Waals surface area contributed by atoms with E-state index in [4.69, 9.17) is 4.74 Å². The van der Waals surface area contributed by atoms with Crippen LogP contribution in [-0.4, -0.2) is 97.6 Å². The normalized spacial score (nSPS) is 34.4. The van der Waals surface area contributed by atoms with Crippen LogP contribution in [0.1, 0.15) is 44.9 Å². The molecule has 0 aromatic heterocycles. The van der Waals surface area contributed by atoms with Crippen molar-refractivity contribution in [3.8, 4) is 0 Å². The van der Waals surface area contributed by atoms with Gasteiger partial charge >= 0.3 is 0 Å². The van der Waals surface area contributed by atoms with Gasteiger partial charge in [0.2, 0.25) is 11.8 Å². The van der Waals surface area contributed by atoms with Crippen LogP contribution in [0.4, 0.5) is 0 Å². The average Bonchev–Trinajstić information content (AvgIpc) is 3.23. The van der Waals surface area contributed by atoms with Gasteiger partial charge in [0.25, 0.3) is 0 Å². The number of nitrogens with one attached hydrogen (secondary N) is 1. The van der Waals surface area contributed by atoms with Gasteiger partial charge < -0.3 is 15.0 Å². The van der Waals surface area contributed by atoms with Crippen LogP contribution in [-0.2, 0) is 14.3 Å². The highest BCUT2D eigenvalue weighted by atomic mass is 16.5. The standard InChI is InChI=1S/C21H36N4O3/c1-23-16(7-8-19(26)25-10-3-4-17(25)14-28-2)12-22-21(27)20-18(23)9-11-24(20)13-15-5-6-15/h15-18,20H,3-14H2,1-2H3,(H,22,27). The highest BCUT2D eigenvalue weighted by Gasteiger charge is 2.46. The maximum atomic E-state index is 12.8. The van der Waals surface area contributed by atoms with Crippen molar-refractivity contribution in [1.29, 1.82) is 0 Å². The van der Waals surface area contributed by atoms with Crippen molar-refractivity contribution in [2.45, 2.75) is 69.1 Å². The summed E-state index contributed by atoms with van der Waals surface area (Å²) in [4.78, 5) is 32.4. The van der Waals surface area contributed by atoms with Gasteiger partial charge in [0.15, 0.2) is 0 Å². The first-order chi connectivity index (χ1) is 13.6. The number of amides is 2. The van der Waals surface area contributed by atoms with Gasteiger partial charge in [0.05, 0.1) is 12.6 Å². The molecule has 0 spiro atoms. The first kappa shape index (κ1) is 20.1. The van der Waals surface area contributed by atoms with Crippen molar-refractivity contribution >= 4 is 11.8 Å². The topological polar surface area (TPSA) is 65.1 Å². The largest absolute Gasteiger partial charge is 0.383 e. The van der Waals surface area contributed by atoms with E-state index in [1.165, 1.54) is 12.8 Å². The summed E-state index contributed by atoms with van der Waals surface area (Å²) in [6.45, 7) is 4.22. The number of likely N-dealkylation sites (N-methyl/N-ethyl adjacent to an activating group) is 1. The molecule has 1 N–H and O–H groups in total. The monoisotopic (exact) mass is 392 g/mol. The minimum absolute atomic E-state index is 0.0176. The third-order valence-electron chi connectivity index (χ3n) is 7.29. The quantitative estimate of drug-likeness (QED) is 0.691. The lowest BCUT2D eigenvalue weighted by molar-refractivity contribution is -0.133. The Kier molecular flexibility index (Phi) is 6.23. The molecule has 4 unspecified atom stereocenters.